The third kappa shape index (κ3) is 1.27. The van der Waals surface area contributed by atoms with Gasteiger partial charge in [0.15, 0.2) is 0 Å². The van der Waals surface area contributed by atoms with Gasteiger partial charge in [-0.05, 0) is 45.5 Å². The molecule has 0 spiro atoms. The Morgan fingerprint density at radius 2 is 1.85 bits per heavy atom. The van der Waals surface area contributed by atoms with Gasteiger partial charge in [-0.3, -0.25) is 0 Å². The Hall–Kier alpha value is -2.06. The summed E-state index contributed by atoms with van der Waals surface area (Å²) in [6.45, 7) is 2.15. The topological polar surface area (TPSA) is 24.1 Å². The molecule has 0 bridgehead atoms. The molecule has 2 aromatic carbocycles. The fourth-order valence-corrected chi connectivity index (χ4v) is 3.85. The molecule has 0 saturated carbocycles. The van der Waals surface area contributed by atoms with E-state index in [0.717, 1.165) is 19.5 Å². The van der Waals surface area contributed by atoms with Crippen LogP contribution in [0.3, 0.4) is 0 Å². The van der Waals surface area contributed by atoms with Crippen LogP contribution >= 0.6 is 0 Å². The van der Waals surface area contributed by atoms with Crippen molar-refractivity contribution in [3.05, 3.63) is 62.8 Å². The lowest BCUT2D eigenvalue weighted by Crippen LogP contribution is -2.37. The highest BCUT2D eigenvalue weighted by molar-refractivity contribution is 5.79. The number of hydrogen-bond donors (Lipinski definition) is 2. The number of piperidine rings is 1. The summed E-state index contributed by atoms with van der Waals surface area (Å²) in [5.41, 5.74) is 4.32. The zero-order valence-corrected chi connectivity index (χ0v) is 11.2. The Labute approximate surface area is 117 Å². The van der Waals surface area contributed by atoms with Gasteiger partial charge in [-0.25, -0.2) is 0 Å². The lowest BCUT2D eigenvalue weighted by Gasteiger charge is -2.22. The first-order chi connectivity index (χ1) is 9.92. The van der Waals surface area contributed by atoms with Gasteiger partial charge in [0.2, 0.25) is 0 Å². The van der Waals surface area contributed by atoms with Crippen LogP contribution in [-0.4, -0.2) is 19.1 Å². The molecule has 1 atom stereocenters. The first-order valence-electron chi connectivity index (χ1n) is 7.36. The second-order valence-electron chi connectivity index (χ2n) is 5.86. The van der Waals surface area contributed by atoms with Gasteiger partial charge in [-0.2, -0.15) is 0 Å². The average Bonchev–Trinajstić information content (AvgIpc) is 3.05. The zero-order valence-electron chi connectivity index (χ0n) is 11.2. The SMILES string of the molecule is C1=c2ccccc2=c2ccc3c(c21)NC1CNCCC=31. The van der Waals surface area contributed by atoms with E-state index in [9.17, 15) is 0 Å². The molecule has 2 aliphatic heterocycles. The molecule has 0 amide bonds. The summed E-state index contributed by atoms with van der Waals surface area (Å²) in [5, 5.41) is 12.8. The third-order valence-corrected chi connectivity index (χ3v) is 4.80. The largest absolute Gasteiger partial charge is 0.376 e. The van der Waals surface area contributed by atoms with Crippen molar-refractivity contribution < 1.29 is 0 Å². The maximum absolute atomic E-state index is 3.74. The minimum atomic E-state index is 0.488. The molecule has 2 heteroatoms. The molecule has 20 heavy (non-hydrogen) atoms. The van der Waals surface area contributed by atoms with Crippen LogP contribution < -0.4 is 21.1 Å². The number of benzene rings is 2. The van der Waals surface area contributed by atoms with E-state index in [0.29, 0.717) is 6.04 Å². The van der Waals surface area contributed by atoms with Gasteiger partial charge in [-0.1, -0.05) is 36.4 Å². The van der Waals surface area contributed by atoms with Crippen molar-refractivity contribution in [2.75, 3.05) is 18.4 Å². The van der Waals surface area contributed by atoms with Crippen molar-refractivity contribution in [1.82, 2.24) is 5.32 Å². The van der Waals surface area contributed by atoms with Crippen LogP contribution in [0.4, 0.5) is 5.69 Å². The fourth-order valence-electron chi connectivity index (χ4n) is 3.85. The predicted molar refractivity (Wildman–Crippen MR) is 81.7 cm³/mol. The standard InChI is InChI=1S/C18H16N2/c1-2-4-12-11(3-1)9-16-13(12)5-6-15-14-7-8-19-10-17(14)20-18(15)16/h1-6,9,17,19-20H,7-8,10H2. The first kappa shape index (κ1) is 10.7. The van der Waals surface area contributed by atoms with Gasteiger partial charge in [-0.15, -0.1) is 0 Å². The minimum Gasteiger partial charge on any atom is -0.376 e. The van der Waals surface area contributed by atoms with E-state index in [1.165, 1.54) is 32.1 Å². The van der Waals surface area contributed by atoms with E-state index in [2.05, 4.69) is 53.1 Å². The first-order valence-corrected chi connectivity index (χ1v) is 7.36. The molecule has 0 radical (unpaired) electrons. The number of rotatable bonds is 0. The van der Waals surface area contributed by atoms with Crippen molar-refractivity contribution in [3.63, 3.8) is 0 Å². The average molecular weight is 260 g/mol. The Morgan fingerprint density at radius 1 is 0.950 bits per heavy atom. The van der Waals surface area contributed by atoms with Crippen molar-refractivity contribution in [2.45, 2.75) is 12.5 Å². The van der Waals surface area contributed by atoms with E-state index in [1.54, 1.807) is 5.57 Å². The second kappa shape index (κ2) is 3.74. The summed E-state index contributed by atoms with van der Waals surface area (Å²) in [7, 11) is 0. The van der Waals surface area contributed by atoms with Crippen LogP contribution in [0.5, 0.6) is 0 Å². The van der Waals surface area contributed by atoms with Crippen LogP contribution in [0.2, 0.25) is 0 Å². The van der Waals surface area contributed by atoms with E-state index < -0.39 is 0 Å². The van der Waals surface area contributed by atoms with Gasteiger partial charge in [0.05, 0.1) is 6.04 Å². The van der Waals surface area contributed by atoms with Gasteiger partial charge in [0, 0.05) is 17.8 Å². The smallest absolute Gasteiger partial charge is 0.0608 e. The van der Waals surface area contributed by atoms with Gasteiger partial charge in [0.25, 0.3) is 0 Å². The molecule has 0 aromatic heterocycles. The summed E-state index contributed by atoms with van der Waals surface area (Å²) in [5.74, 6) is 0. The highest BCUT2D eigenvalue weighted by atomic mass is 15.0. The molecule has 5 rings (SSSR count). The quantitative estimate of drug-likeness (QED) is 0.631. The molecule has 1 aliphatic carbocycles. The Kier molecular flexibility index (Phi) is 2.00. The fraction of sp³-hybridized carbons (Fsp3) is 0.222. The monoisotopic (exact) mass is 260 g/mol. The van der Waals surface area contributed by atoms with E-state index in [-0.39, 0.29) is 0 Å². The number of anilines is 1. The summed E-state index contributed by atoms with van der Waals surface area (Å²) >= 11 is 0. The normalized spacial score (nSPS) is 21.4. The van der Waals surface area contributed by atoms with Crippen molar-refractivity contribution in [1.29, 1.82) is 0 Å². The van der Waals surface area contributed by atoms with Crippen LogP contribution in [0, 0.1) is 10.4 Å². The van der Waals surface area contributed by atoms with E-state index >= 15 is 0 Å². The molecule has 1 fully saturated rings. The van der Waals surface area contributed by atoms with E-state index in [4.69, 9.17) is 0 Å². The van der Waals surface area contributed by atoms with Crippen LogP contribution in [0.25, 0.3) is 11.6 Å². The number of hydrogen-bond acceptors (Lipinski definition) is 2. The van der Waals surface area contributed by atoms with Gasteiger partial charge in [0.1, 0.15) is 0 Å². The zero-order chi connectivity index (χ0) is 13.1. The second-order valence-corrected chi connectivity index (χ2v) is 5.86. The Balaban J connectivity index is 1.89. The van der Waals surface area contributed by atoms with Crippen LogP contribution in [0.1, 0.15) is 12.0 Å². The number of nitrogens with one attached hydrogen (secondary N) is 2. The van der Waals surface area contributed by atoms with Crippen LogP contribution in [-0.2, 0) is 0 Å². The van der Waals surface area contributed by atoms with Crippen molar-refractivity contribution in [3.8, 4) is 0 Å². The lowest BCUT2D eigenvalue weighted by atomic mass is 10.00. The van der Waals surface area contributed by atoms with E-state index in [1.807, 2.05) is 0 Å². The molecule has 1 unspecified atom stereocenters. The molecule has 3 aliphatic rings. The molecule has 1 saturated heterocycles. The molecular formula is C18H16N2. The van der Waals surface area contributed by atoms with Crippen LogP contribution in [0.15, 0.2) is 36.4 Å². The highest BCUT2D eigenvalue weighted by Crippen LogP contribution is 2.27. The molecule has 2 aromatic rings. The third-order valence-electron chi connectivity index (χ3n) is 4.80. The van der Waals surface area contributed by atoms with Crippen molar-refractivity contribution >= 4 is 17.3 Å². The minimum absolute atomic E-state index is 0.488. The Morgan fingerprint density at radius 3 is 2.85 bits per heavy atom. The Bertz CT molecular complexity index is 940. The maximum atomic E-state index is 3.74. The highest BCUT2D eigenvalue weighted by Gasteiger charge is 2.27. The summed E-state index contributed by atoms with van der Waals surface area (Å²) in [6.07, 6.45) is 3.50. The summed E-state index contributed by atoms with van der Waals surface area (Å²) < 4.78 is 0. The van der Waals surface area contributed by atoms with Crippen molar-refractivity contribution in [2.24, 2.45) is 0 Å². The molecule has 2 heterocycles. The summed E-state index contributed by atoms with van der Waals surface area (Å²) in [6, 6.07) is 13.8. The van der Waals surface area contributed by atoms with Gasteiger partial charge < -0.3 is 10.6 Å². The molecule has 2 nitrogen and oxygen atoms in total. The maximum Gasteiger partial charge on any atom is 0.0608 e. The molecule has 2 N–H and O–H groups in total. The summed E-state index contributed by atoms with van der Waals surface area (Å²) in [4.78, 5) is 0. The van der Waals surface area contributed by atoms with Gasteiger partial charge >= 0.3 is 0 Å². The number of fused-ring (bicyclic) bond motifs is 5. The molecular weight excluding hydrogens is 244 g/mol. The predicted octanol–water partition coefficient (Wildman–Crippen LogP) is 1.05. The lowest BCUT2D eigenvalue weighted by molar-refractivity contribution is 0.621. The molecule has 98 valence electrons.